The van der Waals surface area contributed by atoms with Crippen LogP contribution in [-0.2, 0) is 0 Å². The molecule has 3 aromatic rings. The van der Waals surface area contributed by atoms with Crippen LogP contribution in [0.2, 0.25) is 0 Å². The van der Waals surface area contributed by atoms with Gasteiger partial charge in [0.05, 0.1) is 35.7 Å². The maximum absolute atomic E-state index is 12.1. The molecule has 0 saturated heterocycles. The van der Waals surface area contributed by atoms with E-state index in [0.29, 0.717) is 17.7 Å². The van der Waals surface area contributed by atoms with Gasteiger partial charge in [0.15, 0.2) is 0 Å². The van der Waals surface area contributed by atoms with Gasteiger partial charge in [-0.1, -0.05) is 26.0 Å². The molecule has 2 aromatic heterocycles. The maximum Gasteiger partial charge on any atom is 0.252 e. The number of ether oxygens (including phenoxy) is 1. The molecule has 1 fully saturated rings. The molecule has 1 aromatic carbocycles. The van der Waals surface area contributed by atoms with E-state index in [2.05, 4.69) is 10.4 Å². The molecule has 7 heteroatoms. The number of primary amides is 1. The lowest BCUT2D eigenvalue weighted by molar-refractivity contribution is -0.0283. The Morgan fingerprint density at radius 2 is 1.97 bits per heavy atom. The van der Waals surface area contributed by atoms with Gasteiger partial charge in [0.2, 0.25) is 0 Å². The van der Waals surface area contributed by atoms with E-state index >= 15 is 0 Å². The minimum atomic E-state index is -0.795. The first-order valence-corrected chi connectivity index (χ1v) is 10.1. The Kier molecular flexibility index (Phi) is 4.73. The summed E-state index contributed by atoms with van der Waals surface area (Å²) >= 11 is 0. The van der Waals surface area contributed by atoms with Gasteiger partial charge < -0.3 is 20.9 Å². The van der Waals surface area contributed by atoms with Gasteiger partial charge in [-0.3, -0.25) is 4.79 Å². The van der Waals surface area contributed by atoms with E-state index in [1.807, 2.05) is 57.3 Å². The fraction of sp³-hybridized carbons (Fsp3) is 0.391. The first kappa shape index (κ1) is 20.2. The lowest BCUT2D eigenvalue weighted by Gasteiger charge is -2.38. The van der Waals surface area contributed by atoms with Crippen LogP contribution in [0.25, 0.3) is 16.6 Å². The smallest absolute Gasteiger partial charge is 0.252 e. The third kappa shape index (κ3) is 3.19. The number of benzene rings is 1. The number of fused-ring (bicyclic) bond motifs is 1. The Bertz CT molecular complexity index is 1100. The van der Waals surface area contributed by atoms with E-state index in [1.54, 1.807) is 11.6 Å². The molecule has 1 aliphatic carbocycles. The van der Waals surface area contributed by atoms with E-state index in [1.165, 1.54) is 6.20 Å². The normalized spacial score (nSPS) is 22.9. The molecule has 7 nitrogen and oxygen atoms in total. The number of carbonyl (C=O) groups is 1. The molecular weight excluding hydrogens is 380 g/mol. The van der Waals surface area contributed by atoms with Crippen LogP contribution >= 0.6 is 0 Å². The van der Waals surface area contributed by atoms with Crippen LogP contribution in [0.3, 0.4) is 0 Å². The van der Waals surface area contributed by atoms with Crippen molar-refractivity contribution in [1.82, 2.24) is 9.61 Å². The average molecular weight is 409 g/mol. The second-order valence-electron chi connectivity index (χ2n) is 8.82. The first-order valence-electron chi connectivity index (χ1n) is 10.1. The number of aliphatic hydroxyl groups is 1. The summed E-state index contributed by atoms with van der Waals surface area (Å²) in [5.74, 6) is 0.247. The summed E-state index contributed by atoms with van der Waals surface area (Å²) in [6.45, 7) is 5.95. The molecule has 1 amide bonds. The maximum atomic E-state index is 12.1. The van der Waals surface area contributed by atoms with Gasteiger partial charge >= 0.3 is 0 Å². The Hall–Kier alpha value is -3.06. The first-order chi connectivity index (χ1) is 14.1. The van der Waals surface area contributed by atoms with Crippen LogP contribution in [0.5, 0.6) is 5.75 Å². The van der Waals surface area contributed by atoms with E-state index in [4.69, 9.17) is 10.5 Å². The van der Waals surface area contributed by atoms with E-state index in [0.717, 1.165) is 28.8 Å². The van der Waals surface area contributed by atoms with Crippen LogP contribution < -0.4 is 15.8 Å². The molecule has 158 valence electrons. The van der Waals surface area contributed by atoms with E-state index < -0.39 is 11.5 Å². The lowest BCUT2D eigenvalue weighted by Crippen LogP contribution is -2.45. The standard InChI is InChI=1S/C23H28N4O3/c1-22(2)19(9-10-23(22,3)29)26-20-17(21(24)28)12-25-27-13-15(11-18(20)27)14-5-7-16(30-4)8-6-14/h5-8,11-13,19,26,29H,9-10H2,1-4H3,(H2,24,28). The molecule has 2 atom stereocenters. The zero-order valence-electron chi connectivity index (χ0n) is 17.8. The van der Waals surface area contributed by atoms with Crippen LogP contribution in [0, 0.1) is 5.41 Å². The Morgan fingerprint density at radius 1 is 1.27 bits per heavy atom. The number of hydrogen-bond donors (Lipinski definition) is 3. The fourth-order valence-corrected chi connectivity index (χ4v) is 4.25. The largest absolute Gasteiger partial charge is 0.497 e. The second kappa shape index (κ2) is 7.02. The third-order valence-corrected chi connectivity index (χ3v) is 6.82. The summed E-state index contributed by atoms with van der Waals surface area (Å²) in [5, 5.41) is 18.7. The topological polar surface area (TPSA) is 102 Å². The zero-order valence-corrected chi connectivity index (χ0v) is 17.8. The number of amides is 1. The highest BCUT2D eigenvalue weighted by Crippen LogP contribution is 2.47. The average Bonchev–Trinajstić information content (AvgIpc) is 3.22. The van der Waals surface area contributed by atoms with Crippen LogP contribution in [-0.4, -0.2) is 39.4 Å². The summed E-state index contributed by atoms with van der Waals surface area (Å²) in [6, 6.07) is 9.74. The van der Waals surface area contributed by atoms with Crippen molar-refractivity contribution in [3.05, 3.63) is 48.3 Å². The SMILES string of the molecule is COc1ccc(-c2cc3c(NC4CCC(C)(O)C4(C)C)c(C(N)=O)cnn3c2)cc1. The Balaban J connectivity index is 1.79. The quantitative estimate of drug-likeness (QED) is 0.600. The predicted molar refractivity (Wildman–Crippen MR) is 117 cm³/mol. The number of rotatable bonds is 5. The Morgan fingerprint density at radius 3 is 2.53 bits per heavy atom. The molecular formula is C23H28N4O3. The van der Waals surface area contributed by atoms with Crippen molar-refractivity contribution in [2.45, 2.75) is 45.3 Å². The highest BCUT2D eigenvalue weighted by atomic mass is 16.5. The van der Waals surface area contributed by atoms with Gasteiger partial charge in [0, 0.05) is 23.2 Å². The molecule has 0 aliphatic heterocycles. The summed E-state index contributed by atoms with van der Waals surface area (Å²) < 4.78 is 6.98. The number of nitrogens with one attached hydrogen (secondary N) is 1. The van der Waals surface area contributed by atoms with Crippen molar-refractivity contribution in [3.63, 3.8) is 0 Å². The number of nitrogens with two attached hydrogens (primary N) is 1. The fourth-order valence-electron chi connectivity index (χ4n) is 4.25. The molecule has 4 N–H and O–H groups in total. The predicted octanol–water partition coefficient (Wildman–Crippen LogP) is 3.46. The van der Waals surface area contributed by atoms with Gasteiger partial charge in [-0.05, 0) is 43.5 Å². The van der Waals surface area contributed by atoms with Gasteiger partial charge in [-0.15, -0.1) is 0 Å². The van der Waals surface area contributed by atoms with Crippen molar-refractivity contribution >= 4 is 17.1 Å². The van der Waals surface area contributed by atoms with Crippen LogP contribution in [0.15, 0.2) is 42.7 Å². The molecule has 0 spiro atoms. The summed E-state index contributed by atoms with van der Waals surface area (Å²) in [5.41, 5.74) is 8.21. The molecule has 2 heterocycles. The number of anilines is 1. The van der Waals surface area contributed by atoms with Crippen molar-refractivity contribution in [2.24, 2.45) is 11.1 Å². The van der Waals surface area contributed by atoms with Crippen molar-refractivity contribution < 1.29 is 14.6 Å². The van der Waals surface area contributed by atoms with Crippen LogP contribution in [0.4, 0.5) is 5.69 Å². The summed E-state index contributed by atoms with van der Waals surface area (Å²) in [7, 11) is 1.64. The third-order valence-electron chi connectivity index (χ3n) is 6.82. The monoisotopic (exact) mass is 408 g/mol. The zero-order chi connectivity index (χ0) is 21.7. The highest BCUT2D eigenvalue weighted by Gasteiger charge is 2.50. The number of aromatic nitrogens is 2. The van der Waals surface area contributed by atoms with Crippen molar-refractivity contribution in [3.8, 4) is 16.9 Å². The lowest BCUT2D eigenvalue weighted by atomic mass is 9.76. The number of nitrogens with zero attached hydrogens (tertiary/aromatic N) is 2. The minimum Gasteiger partial charge on any atom is -0.497 e. The van der Waals surface area contributed by atoms with Gasteiger partial charge in [-0.2, -0.15) is 5.10 Å². The molecule has 1 aliphatic rings. The van der Waals surface area contributed by atoms with Gasteiger partial charge in [-0.25, -0.2) is 4.52 Å². The number of hydrogen-bond acceptors (Lipinski definition) is 5. The molecule has 4 rings (SSSR count). The number of methoxy groups -OCH3 is 1. The number of carbonyl (C=O) groups excluding carboxylic acids is 1. The molecule has 0 radical (unpaired) electrons. The van der Waals surface area contributed by atoms with Crippen molar-refractivity contribution in [1.29, 1.82) is 0 Å². The van der Waals surface area contributed by atoms with Crippen LogP contribution in [0.1, 0.15) is 44.0 Å². The summed E-state index contributed by atoms with van der Waals surface area (Å²) in [6.07, 6.45) is 4.89. The van der Waals surface area contributed by atoms with E-state index in [-0.39, 0.29) is 11.5 Å². The van der Waals surface area contributed by atoms with Crippen molar-refractivity contribution in [2.75, 3.05) is 12.4 Å². The molecule has 30 heavy (non-hydrogen) atoms. The summed E-state index contributed by atoms with van der Waals surface area (Å²) in [4.78, 5) is 12.1. The highest BCUT2D eigenvalue weighted by molar-refractivity contribution is 6.02. The second-order valence-corrected chi connectivity index (χ2v) is 8.82. The minimum absolute atomic E-state index is 0.0175. The molecule has 1 saturated carbocycles. The Labute approximate surface area is 175 Å². The van der Waals surface area contributed by atoms with Gasteiger partial charge in [0.1, 0.15) is 5.75 Å². The van der Waals surface area contributed by atoms with Gasteiger partial charge in [0.25, 0.3) is 5.91 Å². The molecule has 0 bridgehead atoms. The molecule has 2 unspecified atom stereocenters. The van der Waals surface area contributed by atoms with E-state index in [9.17, 15) is 9.90 Å².